The molecule has 0 aliphatic carbocycles. The normalized spacial score (nSPS) is 12.2. The molecule has 0 atom stereocenters. The Bertz CT molecular complexity index is 1170. The Balaban J connectivity index is 1.38. The molecule has 1 N–H and O–H groups in total. The van der Waals surface area contributed by atoms with Gasteiger partial charge in [0.1, 0.15) is 6.33 Å². The molecule has 0 fully saturated rings. The van der Waals surface area contributed by atoms with Crippen LogP contribution in [0.15, 0.2) is 77.5 Å². The lowest BCUT2D eigenvalue weighted by Gasteiger charge is -2.10. The fraction of sp³-hybridized carbons (Fsp3) is 0.0909. The van der Waals surface area contributed by atoms with Gasteiger partial charge in [-0.1, -0.05) is 40.2 Å². The van der Waals surface area contributed by atoms with Crippen LogP contribution in [-0.2, 0) is 6.54 Å². The lowest BCUT2D eigenvalue weighted by atomic mass is 10.1. The van der Waals surface area contributed by atoms with Gasteiger partial charge in [0.05, 0.1) is 5.69 Å². The number of ether oxygens (including phenoxy) is 2. The SMILES string of the molecule is Brc1cccc(-n2cnc(-c3ccccc3NCc3ccc4c(c3)OCO4)n2)c1. The molecule has 0 saturated heterocycles. The Morgan fingerprint density at radius 3 is 2.79 bits per heavy atom. The first-order valence-corrected chi connectivity index (χ1v) is 9.95. The van der Waals surface area contributed by atoms with Gasteiger partial charge in [-0.25, -0.2) is 9.67 Å². The summed E-state index contributed by atoms with van der Waals surface area (Å²) in [5.74, 6) is 2.24. The predicted molar refractivity (Wildman–Crippen MR) is 114 cm³/mol. The Morgan fingerprint density at radius 2 is 1.86 bits per heavy atom. The average Bonchev–Trinajstić information content (AvgIpc) is 3.42. The number of halogens is 1. The summed E-state index contributed by atoms with van der Waals surface area (Å²) in [6.07, 6.45) is 1.73. The van der Waals surface area contributed by atoms with Crippen LogP contribution >= 0.6 is 15.9 Å². The number of nitrogens with zero attached hydrogens (tertiary/aromatic N) is 3. The Labute approximate surface area is 176 Å². The summed E-state index contributed by atoms with van der Waals surface area (Å²) in [7, 11) is 0. The number of fused-ring (bicyclic) bond motifs is 1. The highest BCUT2D eigenvalue weighted by atomic mass is 79.9. The van der Waals surface area contributed by atoms with Crippen LogP contribution in [0.4, 0.5) is 5.69 Å². The minimum absolute atomic E-state index is 0.279. The number of hydrogen-bond donors (Lipinski definition) is 1. The van der Waals surface area contributed by atoms with Crippen molar-refractivity contribution in [3.05, 3.63) is 83.1 Å². The van der Waals surface area contributed by atoms with E-state index in [4.69, 9.17) is 9.47 Å². The standard InChI is InChI=1S/C22H17BrN4O2/c23-16-4-3-5-17(11-16)27-13-25-22(26-27)18-6-1-2-7-19(18)24-12-15-8-9-20-21(10-15)29-14-28-20/h1-11,13,24H,12,14H2. The van der Waals surface area contributed by atoms with Crippen molar-refractivity contribution in [2.45, 2.75) is 6.54 Å². The monoisotopic (exact) mass is 448 g/mol. The van der Waals surface area contributed by atoms with Gasteiger partial charge in [0.15, 0.2) is 17.3 Å². The van der Waals surface area contributed by atoms with E-state index in [1.54, 1.807) is 11.0 Å². The molecular formula is C22H17BrN4O2. The van der Waals surface area contributed by atoms with Crippen LogP contribution in [0, 0.1) is 0 Å². The second kappa shape index (κ2) is 7.60. The molecule has 1 aliphatic heterocycles. The second-order valence-electron chi connectivity index (χ2n) is 6.58. The van der Waals surface area contributed by atoms with Crippen molar-refractivity contribution < 1.29 is 9.47 Å². The van der Waals surface area contributed by atoms with E-state index in [-0.39, 0.29) is 6.79 Å². The molecular weight excluding hydrogens is 432 g/mol. The smallest absolute Gasteiger partial charge is 0.231 e. The van der Waals surface area contributed by atoms with E-state index in [2.05, 4.69) is 31.3 Å². The van der Waals surface area contributed by atoms with Crippen LogP contribution < -0.4 is 14.8 Å². The van der Waals surface area contributed by atoms with Crippen molar-refractivity contribution in [3.8, 4) is 28.6 Å². The van der Waals surface area contributed by atoms with Gasteiger partial charge in [0, 0.05) is 22.3 Å². The average molecular weight is 449 g/mol. The van der Waals surface area contributed by atoms with Crippen LogP contribution in [0.5, 0.6) is 11.5 Å². The van der Waals surface area contributed by atoms with E-state index in [0.717, 1.165) is 38.5 Å². The molecule has 0 amide bonds. The van der Waals surface area contributed by atoms with Gasteiger partial charge in [-0.3, -0.25) is 0 Å². The third kappa shape index (κ3) is 3.69. The first-order chi connectivity index (χ1) is 14.3. The topological polar surface area (TPSA) is 61.2 Å². The van der Waals surface area contributed by atoms with Gasteiger partial charge < -0.3 is 14.8 Å². The number of benzene rings is 3. The summed E-state index contributed by atoms with van der Waals surface area (Å²) in [6, 6.07) is 21.9. The molecule has 7 heteroatoms. The maximum absolute atomic E-state index is 5.46. The van der Waals surface area contributed by atoms with Crippen molar-refractivity contribution in [1.29, 1.82) is 0 Å². The molecule has 2 heterocycles. The Hall–Kier alpha value is -3.32. The van der Waals surface area contributed by atoms with Crippen molar-refractivity contribution >= 4 is 21.6 Å². The molecule has 0 unspecified atom stereocenters. The van der Waals surface area contributed by atoms with Gasteiger partial charge in [-0.15, -0.1) is 5.10 Å². The Kier molecular flexibility index (Phi) is 4.65. The zero-order valence-corrected chi connectivity index (χ0v) is 17.0. The van der Waals surface area contributed by atoms with Gasteiger partial charge in [-0.05, 0) is 48.0 Å². The maximum atomic E-state index is 5.46. The fourth-order valence-electron chi connectivity index (χ4n) is 3.21. The molecule has 144 valence electrons. The van der Waals surface area contributed by atoms with E-state index in [0.29, 0.717) is 12.4 Å². The van der Waals surface area contributed by atoms with Crippen molar-refractivity contribution in [3.63, 3.8) is 0 Å². The summed E-state index contributed by atoms with van der Waals surface area (Å²) < 4.78 is 13.6. The molecule has 0 spiro atoms. The first-order valence-electron chi connectivity index (χ1n) is 9.16. The van der Waals surface area contributed by atoms with Crippen molar-refractivity contribution in [1.82, 2.24) is 14.8 Å². The number of hydrogen-bond acceptors (Lipinski definition) is 5. The van der Waals surface area contributed by atoms with E-state index in [1.165, 1.54) is 0 Å². The van der Waals surface area contributed by atoms with Crippen LogP contribution in [0.1, 0.15) is 5.56 Å². The summed E-state index contributed by atoms with van der Waals surface area (Å²) in [4.78, 5) is 4.52. The fourth-order valence-corrected chi connectivity index (χ4v) is 3.60. The predicted octanol–water partition coefficient (Wildman–Crippen LogP) is 5.04. The molecule has 4 aromatic rings. The lowest BCUT2D eigenvalue weighted by molar-refractivity contribution is 0.174. The van der Waals surface area contributed by atoms with Crippen LogP contribution in [0.3, 0.4) is 0 Å². The number of nitrogens with one attached hydrogen (secondary N) is 1. The molecule has 3 aromatic carbocycles. The van der Waals surface area contributed by atoms with Crippen LogP contribution in [0.2, 0.25) is 0 Å². The molecule has 6 nitrogen and oxygen atoms in total. The zero-order chi connectivity index (χ0) is 19.6. The number of rotatable bonds is 5. The zero-order valence-electron chi connectivity index (χ0n) is 15.4. The quantitative estimate of drug-likeness (QED) is 0.463. The summed E-state index contributed by atoms with van der Waals surface area (Å²) in [5.41, 5.74) is 3.97. The molecule has 0 radical (unpaired) electrons. The lowest BCUT2D eigenvalue weighted by Crippen LogP contribution is -2.02. The van der Waals surface area contributed by atoms with Gasteiger partial charge >= 0.3 is 0 Å². The highest BCUT2D eigenvalue weighted by Gasteiger charge is 2.14. The van der Waals surface area contributed by atoms with Crippen LogP contribution in [-0.4, -0.2) is 21.6 Å². The molecule has 0 saturated carbocycles. The minimum atomic E-state index is 0.279. The van der Waals surface area contributed by atoms with E-state index in [1.807, 2.05) is 66.7 Å². The largest absolute Gasteiger partial charge is 0.454 e. The third-order valence-electron chi connectivity index (χ3n) is 4.65. The number of anilines is 1. The van der Waals surface area contributed by atoms with E-state index >= 15 is 0 Å². The summed E-state index contributed by atoms with van der Waals surface area (Å²) in [6.45, 7) is 0.932. The van der Waals surface area contributed by atoms with Gasteiger partial charge in [0.2, 0.25) is 6.79 Å². The van der Waals surface area contributed by atoms with Gasteiger partial charge in [-0.2, -0.15) is 0 Å². The highest BCUT2D eigenvalue weighted by molar-refractivity contribution is 9.10. The maximum Gasteiger partial charge on any atom is 0.231 e. The van der Waals surface area contributed by atoms with E-state index < -0.39 is 0 Å². The first kappa shape index (κ1) is 17.8. The summed E-state index contributed by atoms with van der Waals surface area (Å²) in [5, 5.41) is 8.15. The second-order valence-corrected chi connectivity index (χ2v) is 7.50. The van der Waals surface area contributed by atoms with E-state index in [9.17, 15) is 0 Å². The molecule has 5 rings (SSSR count). The Morgan fingerprint density at radius 1 is 0.966 bits per heavy atom. The molecule has 1 aromatic heterocycles. The van der Waals surface area contributed by atoms with Gasteiger partial charge in [0.25, 0.3) is 0 Å². The highest BCUT2D eigenvalue weighted by Crippen LogP contribution is 2.33. The molecule has 0 bridgehead atoms. The third-order valence-corrected chi connectivity index (χ3v) is 5.15. The molecule has 1 aliphatic rings. The number of aromatic nitrogens is 3. The number of para-hydroxylation sites is 1. The molecule has 29 heavy (non-hydrogen) atoms. The minimum Gasteiger partial charge on any atom is -0.454 e. The van der Waals surface area contributed by atoms with Crippen molar-refractivity contribution in [2.24, 2.45) is 0 Å². The van der Waals surface area contributed by atoms with Crippen molar-refractivity contribution in [2.75, 3.05) is 12.1 Å². The summed E-state index contributed by atoms with van der Waals surface area (Å²) >= 11 is 3.50. The van der Waals surface area contributed by atoms with Crippen LogP contribution in [0.25, 0.3) is 17.1 Å².